The number of nitrogens with one attached hydrogen (secondary N) is 2. The minimum absolute atomic E-state index is 0.193. The molecule has 0 unspecified atom stereocenters. The number of para-hydroxylation sites is 1. The number of aryl methyl sites for hydroxylation is 1. The summed E-state index contributed by atoms with van der Waals surface area (Å²) >= 11 is 7.02. The molecule has 0 saturated carbocycles. The Hall–Kier alpha value is -2.29. The van der Waals surface area contributed by atoms with Gasteiger partial charge >= 0.3 is 0 Å². The summed E-state index contributed by atoms with van der Waals surface area (Å²) in [5.41, 5.74) is 3.31. The first-order valence-electron chi connectivity index (χ1n) is 9.33. The number of anilines is 3. The molecule has 8 heteroatoms. The Balaban J connectivity index is 1.36. The smallest absolute Gasteiger partial charge is 0.209 e. The van der Waals surface area contributed by atoms with Crippen LogP contribution in [0.4, 0.5) is 20.9 Å². The summed E-state index contributed by atoms with van der Waals surface area (Å²) in [5, 5.41) is 8.87. The van der Waals surface area contributed by atoms with Gasteiger partial charge in [-0.15, -0.1) is 5.10 Å². The molecule has 28 heavy (non-hydrogen) atoms. The molecule has 5 nitrogen and oxygen atoms in total. The molecule has 1 saturated heterocycles. The molecule has 2 heterocycles. The molecule has 0 spiro atoms. The van der Waals surface area contributed by atoms with E-state index in [0.29, 0.717) is 0 Å². The van der Waals surface area contributed by atoms with E-state index >= 15 is 0 Å². The Kier molecular flexibility index (Phi) is 5.70. The van der Waals surface area contributed by atoms with Crippen molar-refractivity contribution in [2.24, 2.45) is 0 Å². The lowest BCUT2D eigenvalue weighted by atomic mass is 10.2. The van der Waals surface area contributed by atoms with E-state index in [0.717, 1.165) is 53.3 Å². The van der Waals surface area contributed by atoms with Gasteiger partial charge in [0.1, 0.15) is 5.82 Å². The molecule has 0 bridgehead atoms. The molecule has 1 fully saturated rings. The second-order valence-electron chi connectivity index (χ2n) is 6.98. The highest BCUT2D eigenvalue weighted by molar-refractivity contribution is 7.73. The Morgan fingerprint density at radius 3 is 2.57 bits per heavy atom. The molecule has 4 rings (SSSR count). The van der Waals surface area contributed by atoms with E-state index < -0.39 is 0 Å². The highest BCUT2D eigenvalue weighted by Crippen LogP contribution is 2.22. The predicted octanol–water partition coefficient (Wildman–Crippen LogP) is 3.23. The Bertz CT molecular complexity index is 990. The van der Waals surface area contributed by atoms with Crippen LogP contribution in [0.5, 0.6) is 0 Å². The molecule has 3 aromatic rings. The molecule has 0 radical (unpaired) electrons. The van der Waals surface area contributed by atoms with Gasteiger partial charge < -0.3 is 15.1 Å². The molecule has 2 N–H and O–H groups in total. The normalized spacial score (nSPS) is 15.0. The van der Waals surface area contributed by atoms with Crippen molar-refractivity contribution < 1.29 is 9.29 Å². The maximum Gasteiger partial charge on any atom is 0.209 e. The molecule has 2 aromatic carbocycles. The summed E-state index contributed by atoms with van der Waals surface area (Å²) in [5.74, 6) is -0.193. The number of aromatic nitrogens is 2. The second kappa shape index (κ2) is 8.38. The number of halogens is 1. The highest BCUT2D eigenvalue weighted by Gasteiger charge is 2.21. The van der Waals surface area contributed by atoms with Crippen LogP contribution >= 0.6 is 23.6 Å². The molecule has 1 aliphatic heterocycles. The zero-order valence-corrected chi connectivity index (χ0v) is 17.3. The highest BCUT2D eigenvalue weighted by atomic mass is 32.1. The van der Waals surface area contributed by atoms with Gasteiger partial charge in [0.25, 0.3) is 0 Å². The summed E-state index contributed by atoms with van der Waals surface area (Å²) in [6.45, 7) is 6.71. The molecule has 1 aliphatic rings. The average molecular weight is 417 g/mol. The molecule has 146 valence electrons. The van der Waals surface area contributed by atoms with Crippen molar-refractivity contribution in [1.82, 2.24) is 9.78 Å². The molecular weight excluding hydrogens is 393 g/mol. The Morgan fingerprint density at radius 2 is 1.86 bits per heavy atom. The van der Waals surface area contributed by atoms with Gasteiger partial charge in [-0.25, -0.2) is 4.39 Å². The molecule has 1 aromatic heterocycles. The number of nitrogens with zero attached hydrogens (tertiary/aromatic N) is 3. The lowest BCUT2D eigenvalue weighted by Crippen LogP contribution is -3.14. The fourth-order valence-electron chi connectivity index (χ4n) is 3.39. The summed E-state index contributed by atoms with van der Waals surface area (Å²) in [6, 6.07) is 14.9. The van der Waals surface area contributed by atoms with Crippen LogP contribution in [0, 0.1) is 16.7 Å². The van der Waals surface area contributed by atoms with Crippen LogP contribution in [0.15, 0.2) is 48.5 Å². The van der Waals surface area contributed by atoms with Gasteiger partial charge in [-0.3, -0.25) is 0 Å². The zero-order chi connectivity index (χ0) is 19.5. The Labute approximate surface area is 173 Å². The van der Waals surface area contributed by atoms with Crippen LogP contribution in [-0.2, 0) is 6.67 Å². The molecule has 0 aliphatic carbocycles. The quantitative estimate of drug-likeness (QED) is 0.627. The van der Waals surface area contributed by atoms with Gasteiger partial charge in [-0.05, 0) is 55.0 Å². The SMILES string of the molecule is Cc1ccccc1Nc1nn(C[NH+]2CCN(c3ccc(F)cc3)CC2)c(=S)s1. The van der Waals surface area contributed by atoms with Gasteiger partial charge in [-0.2, -0.15) is 4.68 Å². The third-order valence-corrected chi connectivity index (χ3v) is 6.25. The maximum absolute atomic E-state index is 13.1. The third-order valence-electron chi connectivity index (χ3n) is 5.03. The molecular formula is C20H23FN5S2+. The maximum atomic E-state index is 13.1. The summed E-state index contributed by atoms with van der Waals surface area (Å²) in [7, 11) is 0. The van der Waals surface area contributed by atoms with Crippen molar-refractivity contribution in [3.05, 3.63) is 63.9 Å². The lowest BCUT2D eigenvalue weighted by Gasteiger charge is -2.33. The Morgan fingerprint density at radius 1 is 1.14 bits per heavy atom. The van der Waals surface area contributed by atoms with E-state index in [1.54, 1.807) is 0 Å². The second-order valence-corrected chi connectivity index (χ2v) is 8.61. The standard InChI is InChI=1S/C20H22FN5S2/c1-15-4-2-3-5-18(15)22-19-23-26(20(27)28-19)14-24-10-12-25(13-11-24)17-8-6-16(21)7-9-17/h2-9H,10-14H2,1H3,(H,22,23)/p+1. The minimum Gasteiger partial charge on any atom is -0.360 e. The fourth-order valence-corrected chi connectivity index (χ4v) is 4.41. The number of quaternary nitrogens is 1. The van der Waals surface area contributed by atoms with Crippen molar-refractivity contribution in [2.45, 2.75) is 13.6 Å². The van der Waals surface area contributed by atoms with Crippen LogP contribution in [0.25, 0.3) is 0 Å². The van der Waals surface area contributed by atoms with Crippen LogP contribution < -0.4 is 15.1 Å². The van der Waals surface area contributed by atoms with Gasteiger partial charge in [-0.1, -0.05) is 29.5 Å². The van der Waals surface area contributed by atoms with Gasteiger partial charge in [0.15, 0.2) is 10.6 Å². The van der Waals surface area contributed by atoms with Crippen molar-refractivity contribution in [3.8, 4) is 0 Å². The van der Waals surface area contributed by atoms with Gasteiger partial charge in [0, 0.05) is 11.4 Å². The number of benzene rings is 2. The molecule has 0 amide bonds. The average Bonchev–Trinajstić information content (AvgIpc) is 3.04. The van der Waals surface area contributed by atoms with E-state index in [4.69, 9.17) is 12.2 Å². The predicted molar refractivity (Wildman–Crippen MR) is 115 cm³/mol. The first kappa shape index (κ1) is 19.0. The first-order valence-corrected chi connectivity index (χ1v) is 10.6. The van der Waals surface area contributed by atoms with Crippen molar-refractivity contribution in [1.29, 1.82) is 0 Å². The van der Waals surface area contributed by atoms with E-state index in [-0.39, 0.29) is 5.82 Å². The van der Waals surface area contributed by atoms with Gasteiger partial charge in [0.05, 0.1) is 26.2 Å². The van der Waals surface area contributed by atoms with Crippen molar-refractivity contribution >= 4 is 40.1 Å². The number of hydrogen-bond donors (Lipinski definition) is 2. The monoisotopic (exact) mass is 416 g/mol. The van der Waals surface area contributed by atoms with Crippen LogP contribution in [0.2, 0.25) is 0 Å². The van der Waals surface area contributed by atoms with Crippen LogP contribution in [0.3, 0.4) is 0 Å². The fraction of sp³-hybridized carbons (Fsp3) is 0.300. The summed E-state index contributed by atoms with van der Waals surface area (Å²) < 4.78 is 15.8. The summed E-state index contributed by atoms with van der Waals surface area (Å²) in [6.07, 6.45) is 0. The third kappa shape index (κ3) is 4.40. The number of piperazine rings is 1. The van der Waals surface area contributed by atoms with E-state index in [2.05, 4.69) is 28.3 Å². The number of rotatable bonds is 5. The van der Waals surface area contributed by atoms with Crippen LogP contribution in [-0.4, -0.2) is 36.0 Å². The summed E-state index contributed by atoms with van der Waals surface area (Å²) in [4.78, 5) is 3.75. The van der Waals surface area contributed by atoms with E-state index in [1.165, 1.54) is 33.9 Å². The molecule has 0 atom stereocenters. The first-order chi connectivity index (χ1) is 13.6. The van der Waals surface area contributed by atoms with E-state index in [9.17, 15) is 4.39 Å². The van der Waals surface area contributed by atoms with Crippen molar-refractivity contribution in [3.63, 3.8) is 0 Å². The zero-order valence-electron chi connectivity index (χ0n) is 15.7. The van der Waals surface area contributed by atoms with E-state index in [1.807, 2.05) is 35.0 Å². The largest absolute Gasteiger partial charge is 0.360 e. The van der Waals surface area contributed by atoms with Gasteiger partial charge in [0.2, 0.25) is 5.13 Å². The van der Waals surface area contributed by atoms with Crippen molar-refractivity contribution in [2.75, 3.05) is 36.4 Å². The van der Waals surface area contributed by atoms with Crippen LogP contribution in [0.1, 0.15) is 5.56 Å². The topological polar surface area (TPSA) is 37.5 Å². The minimum atomic E-state index is -0.193. The lowest BCUT2D eigenvalue weighted by molar-refractivity contribution is -0.924. The number of hydrogen-bond acceptors (Lipinski definition) is 5.